The number of aromatic nitrogens is 2. The van der Waals surface area contributed by atoms with Gasteiger partial charge in [0.1, 0.15) is 23.4 Å². The fraction of sp³-hybridized carbons (Fsp3) is 0.320. The monoisotopic (exact) mass is 448 g/mol. The lowest BCUT2D eigenvalue weighted by Gasteiger charge is -2.32. The molecule has 1 atom stereocenters. The SMILES string of the molecule is CCOc1cccc(OCC(=O)N2CCO[C@H](c3ccc(Nc4ncccc4C)cn3)C2)c1. The maximum atomic E-state index is 12.7. The molecule has 0 spiro atoms. The number of pyridine rings is 2. The largest absolute Gasteiger partial charge is 0.494 e. The number of benzene rings is 1. The van der Waals surface area contributed by atoms with Gasteiger partial charge in [0.25, 0.3) is 5.91 Å². The predicted octanol–water partition coefficient (Wildman–Crippen LogP) is 3.91. The lowest BCUT2D eigenvalue weighted by Crippen LogP contribution is -2.44. The van der Waals surface area contributed by atoms with E-state index in [4.69, 9.17) is 14.2 Å². The van der Waals surface area contributed by atoms with E-state index < -0.39 is 0 Å². The molecule has 0 aliphatic carbocycles. The van der Waals surface area contributed by atoms with Crippen LogP contribution < -0.4 is 14.8 Å². The minimum Gasteiger partial charge on any atom is -0.494 e. The first-order chi connectivity index (χ1) is 16.1. The van der Waals surface area contributed by atoms with E-state index in [1.165, 1.54) is 0 Å². The van der Waals surface area contributed by atoms with Gasteiger partial charge in [0.15, 0.2) is 6.61 Å². The Kier molecular flexibility index (Phi) is 7.36. The Morgan fingerprint density at radius 3 is 2.76 bits per heavy atom. The summed E-state index contributed by atoms with van der Waals surface area (Å²) in [5, 5.41) is 3.27. The van der Waals surface area contributed by atoms with Crippen LogP contribution in [0.25, 0.3) is 0 Å². The second-order valence-corrected chi connectivity index (χ2v) is 7.66. The number of morpholine rings is 1. The summed E-state index contributed by atoms with van der Waals surface area (Å²) >= 11 is 0. The molecule has 8 heteroatoms. The fourth-order valence-corrected chi connectivity index (χ4v) is 3.53. The second kappa shape index (κ2) is 10.8. The van der Waals surface area contributed by atoms with Gasteiger partial charge in [0.2, 0.25) is 0 Å². The van der Waals surface area contributed by atoms with Crippen molar-refractivity contribution in [3.8, 4) is 11.5 Å². The zero-order valence-electron chi connectivity index (χ0n) is 18.9. The van der Waals surface area contributed by atoms with Gasteiger partial charge in [-0.25, -0.2) is 4.98 Å². The van der Waals surface area contributed by atoms with Crippen molar-refractivity contribution in [3.05, 3.63) is 72.2 Å². The van der Waals surface area contributed by atoms with E-state index in [1.807, 2.05) is 56.3 Å². The highest BCUT2D eigenvalue weighted by Crippen LogP contribution is 2.24. The first-order valence-electron chi connectivity index (χ1n) is 11.0. The van der Waals surface area contributed by atoms with Gasteiger partial charge in [-0.3, -0.25) is 9.78 Å². The molecule has 1 aromatic carbocycles. The van der Waals surface area contributed by atoms with E-state index in [9.17, 15) is 4.79 Å². The van der Waals surface area contributed by atoms with E-state index >= 15 is 0 Å². The number of rotatable bonds is 8. The molecule has 0 saturated carbocycles. The third-order valence-corrected chi connectivity index (χ3v) is 5.29. The summed E-state index contributed by atoms with van der Waals surface area (Å²) in [4.78, 5) is 23.4. The van der Waals surface area contributed by atoms with Gasteiger partial charge in [-0.2, -0.15) is 0 Å². The number of carbonyl (C=O) groups is 1. The zero-order valence-corrected chi connectivity index (χ0v) is 18.9. The summed E-state index contributed by atoms with van der Waals surface area (Å²) in [5.74, 6) is 2.03. The molecule has 33 heavy (non-hydrogen) atoms. The number of anilines is 2. The second-order valence-electron chi connectivity index (χ2n) is 7.66. The first kappa shape index (κ1) is 22.5. The summed E-state index contributed by atoms with van der Waals surface area (Å²) in [6, 6.07) is 15.0. The minimum atomic E-state index is -0.283. The molecule has 1 aliphatic heterocycles. The van der Waals surface area contributed by atoms with Gasteiger partial charge in [-0.05, 0) is 49.7 Å². The lowest BCUT2D eigenvalue weighted by atomic mass is 10.2. The molecule has 1 aliphatic rings. The van der Waals surface area contributed by atoms with Crippen molar-refractivity contribution in [2.24, 2.45) is 0 Å². The van der Waals surface area contributed by atoms with Crippen molar-refractivity contribution in [1.29, 1.82) is 0 Å². The van der Waals surface area contributed by atoms with E-state index in [0.29, 0.717) is 32.1 Å². The summed E-state index contributed by atoms with van der Waals surface area (Å²) in [5.41, 5.74) is 2.67. The maximum Gasteiger partial charge on any atom is 0.260 e. The third-order valence-electron chi connectivity index (χ3n) is 5.29. The molecule has 1 fully saturated rings. The summed E-state index contributed by atoms with van der Waals surface area (Å²) in [6.07, 6.45) is 3.22. The molecule has 1 amide bonds. The van der Waals surface area contributed by atoms with Gasteiger partial charge >= 0.3 is 0 Å². The van der Waals surface area contributed by atoms with E-state index in [0.717, 1.165) is 28.5 Å². The van der Waals surface area contributed by atoms with Crippen molar-refractivity contribution >= 4 is 17.4 Å². The molecule has 0 unspecified atom stereocenters. The number of aryl methyl sites for hydroxylation is 1. The standard InChI is InChI=1S/C25H28N4O4/c1-3-31-20-7-4-8-21(14-20)33-17-24(30)29-12-13-32-23(16-29)22-10-9-19(15-27-22)28-25-18(2)6-5-11-26-25/h4-11,14-15,23H,3,12-13,16-17H2,1-2H3,(H,26,28)/t23-/m0/s1. The van der Waals surface area contributed by atoms with Crippen LogP contribution in [-0.2, 0) is 9.53 Å². The molecular weight excluding hydrogens is 420 g/mol. The molecule has 172 valence electrons. The van der Waals surface area contributed by atoms with Crippen LogP contribution in [0.15, 0.2) is 60.9 Å². The maximum absolute atomic E-state index is 12.7. The van der Waals surface area contributed by atoms with E-state index in [1.54, 1.807) is 23.4 Å². The Morgan fingerprint density at radius 1 is 1.15 bits per heavy atom. The Balaban J connectivity index is 1.32. The van der Waals surface area contributed by atoms with Gasteiger partial charge in [0, 0.05) is 18.8 Å². The average Bonchev–Trinajstić information content (AvgIpc) is 2.85. The molecule has 2 aromatic heterocycles. The Bertz CT molecular complexity index is 1070. The number of carbonyl (C=O) groups excluding carboxylic acids is 1. The number of hydrogen-bond donors (Lipinski definition) is 1. The van der Waals surface area contributed by atoms with Crippen molar-refractivity contribution < 1.29 is 19.0 Å². The van der Waals surface area contributed by atoms with Crippen molar-refractivity contribution in [1.82, 2.24) is 14.9 Å². The Hall–Kier alpha value is -3.65. The molecule has 0 bridgehead atoms. The molecule has 8 nitrogen and oxygen atoms in total. The number of nitrogens with one attached hydrogen (secondary N) is 1. The summed E-state index contributed by atoms with van der Waals surface area (Å²) < 4.78 is 17.0. The van der Waals surface area contributed by atoms with Gasteiger partial charge < -0.3 is 24.4 Å². The van der Waals surface area contributed by atoms with Crippen LogP contribution in [0.3, 0.4) is 0 Å². The molecular formula is C25H28N4O4. The van der Waals surface area contributed by atoms with Crippen LogP contribution in [0.4, 0.5) is 11.5 Å². The highest BCUT2D eigenvalue weighted by atomic mass is 16.5. The number of ether oxygens (including phenoxy) is 3. The van der Waals surface area contributed by atoms with Crippen LogP contribution in [0.2, 0.25) is 0 Å². The first-order valence-corrected chi connectivity index (χ1v) is 11.0. The molecule has 3 heterocycles. The number of hydrogen-bond acceptors (Lipinski definition) is 7. The number of nitrogens with zero attached hydrogens (tertiary/aromatic N) is 3. The highest BCUT2D eigenvalue weighted by molar-refractivity contribution is 5.78. The minimum absolute atomic E-state index is 0.0397. The van der Waals surface area contributed by atoms with Crippen molar-refractivity contribution in [3.63, 3.8) is 0 Å². The molecule has 1 N–H and O–H groups in total. The van der Waals surface area contributed by atoms with Crippen LogP contribution in [0.1, 0.15) is 24.3 Å². The van der Waals surface area contributed by atoms with Gasteiger partial charge in [-0.1, -0.05) is 12.1 Å². The van der Waals surface area contributed by atoms with Crippen LogP contribution in [0, 0.1) is 6.92 Å². The van der Waals surface area contributed by atoms with Crippen molar-refractivity contribution in [2.75, 3.05) is 38.2 Å². The van der Waals surface area contributed by atoms with Crippen molar-refractivity contribution in [2.45, 2.75) is 20.0 Å². The smallest absolute Gasteiger partial charge is 0.260 e. The topological polar surface area (TPSA) is 85.8 Å². The molecule has 0 radical (unpaired) electrons. The molecule has 4 rings (SSSR count). The van der Waals surface area contributed by atoms with Crippen LogP contribution in [-0.4, -0.2) is 53.7 Å². The molecule has 1 saturated heterocycles. The Labute approximate surface area is 193 Å². The lowest BCUT2D eigenvalue weighted by molar-refractivity contribution is -0.141. The quantitative estimate of drug-likeness (QED) is 0.559. The normalized spacial score (nSPS) is 15.7. The van der Waals surface area contributed by atoms with E-state index in [2.05, 4.69) is 15.3 Å². The van der Waals surface area contributed by atoms with Gasteiger partial charge in [-0.15, -0.1) is 0 Å². The van der Waals surface area contributed by atoms with E-state index in [-0.39, 0.29) is 18.6 Å². The summed E-state index contributed by atoms with van der Waals surface area (Å²) in [6.45, 7) is 5.86. The van der Waals surface area contributed by atoms with Crippen LogP contribution >= 0.6 is 0 Å². The fourth-order valence-electron chi connectivity index (χ4n) is 3.53. The van der Waals surface area contributed by atoms with Crippen LogP contribution in [0.5, 0.6) is 11.5 Å². The molecule has 3 aromatic rings. The highest BCUT2D eigenvalue weighted by Gasteiger charge is 2.26. The predicted molar refractivity (Wildman–Crippen MR) is 125 cm³/mol. The Morgan fingerprint density at radius 2 is 2.00 bits per heavy atom. The van der Waals surface area contributed by atoms with Gasteiger partial charge in [0.05, 0.1) is 37.3 Å². The third kappa shape index (κ3) is 5.98. The average molecular weight is 449 g/mol. The number of amides is 1. The zero-order chi connectivity index (χ0) is 23.0. The summed E-state index contributed by atoms with van der Waals surface area (Å²) in [7, 11) is 0.